The van der Waals surface area contributed by atoms with Crippen LogP contribution in [0.3, 0.4) is 0 Å². The predicted octanol–water partition coefficient (Wildman–Crippen LogP) is 1.94. The van der Waals surface area contributed by atoms with Crippen LogP contribution in [-0.2, 0) is 0 Å². The van der Waals surface area contributed by atoms with Gasteiger partial charge in [0.05, 0.1) is 4.92 Å². The maximum atomic E-state index is 11.2. The Balaban J connectivity index is 2.27. The molecule has 6 nitrogen and oxygen atoms in total. The van der Waals surface area contributed by atoms with E-state index in [1.54, 1.807) is 6.07 Å². The van der Waals surface area contributed by atoms with Crippen LogP contribution in [0.1, 0.15) is 23.2 Å². The Morgan fingerprint density at radius 1 is 1.45 bits per heavy atom. The lowest BCUT2D eigenvalue weighted by atomic mass is 10.0. The lowest BCUT2D eigenvalue weighted by molar-refractivity contribution is -0.384. The summed E-state index contributed by atoms with van der Waals surface area (Å²) in [5.41, 5.74) is 1.13. The average Bonchev–Trinajstić information content (AvgIpc) is 2.46. The zero-order chi connectivity index (χ0) is 14.7. The van der Waals surface area contributed by atoms with E-state index in [1.165, 1.54) is 12.1 Å². The number of hydrogen-bond acceptors (Lipinski definition) is 5. The molecule has 20 heavy (non-hydrogen) atoms. The summed E-state index contributed by atoms with van der Waals surface area (Å²) in [7, 11) is 4.09. The van der Waals surface area contributed by atoms with Gasteiger partial charge in [-0.05, 0) is 33.0 Å². The Kier molecular flexibility index (Phi) is 4.34. The van der Waals surface area contributed by atoms with E-state index >= 15 is 0 Å². The molecule has 108 valence electrons. The van der Waals surface area contributed by atoms with Crippen molar-refractivity contribution in [2.24, 2.45) is 0 Å². The number of rotatable bonds is 4. The Hall–Kier alpha value is -1.95. The number of nitrogens with zero attached hydrogens (tertiary/aromatic N) is 3. The number of hydrogen-bond donors (Lipinski definition) is 0. The van der Waals surface area contributed by atoms with Crippen LogP contribution in [-0.4, -0.2) is 49.3 Å². The molecular formula is C14H19N3O3. The fourth-order valence-electron chi connectivity index (χ4n) is 2.63. The first-order valence-corrected chi connectivity index (χ1v) is 6.68. The van der Waals surface area contributed by atoms with Crippen molar-refractivity contribution in [3.05, 3.63) is 33.9 Å². The summed E-state index contributed by atoms with van der Waals surface area (Å²) >= 11 is 0. The molecule has 1 heterocycles. The highest BCUT2D eigenvalue weighted by atomic mass is 16.6. The van der Waals surface area contributed by atoms with Crippen LogP contribution in [0.2, 0.25) is 0 Å². The van der Waals surface area contributed by atoms with Crippen molar-refractivity contribution in [2.75, 3.05) is 32.1 Å². The second-order valence-corrected chi connectivity index (χ2v) is 5.32. The molecule has 1 saturated heterocycles. The van der Waals surface area contributed by atoms with Crippen molar-refractivity contribution in [2.45, 2.75) is 18.9 Å². The summed E-state index contributed by atoms with van der Waals surface area (Å²) in [4.78, 5) is 25.8. The largest absolute Gasteiger partial charge is 0.369 e. The smallest absolute Gasteiger partial charge is 0.270 e. The number of benzene rings is 1. The number of aldehydes is 1. The zero-order valence-corrected chi connectivity index (χ0v) is 11.8. The van der Waals surface area contributed by atoms with Gasteiger partial charge in [-0.1, -0.05) is 0 Å². The SMILES string of the molecule is CN(C)C1CCCN(c2ccc([N+](=O)[O-])cc2C=O)C1. The number of nitro benzene ring substituents is 1. The van der Waals surface area contributed by atoms with Crippen molar-refractivity contribution in [1.29, 1.82) is 0 Å². The van der Waals surface area contributed by atoms with Crippen molar-refractivity contribution in [3.8, 4) is 0 Å². The molecule has 0 bridgehead atoms. The van der Waals surface area contributed by atoms with Crippen LogP contribution in [0.4, 0.5) is 11.4 Å². The maximum absolute atomic E-state index is 11.2. The maximum Gasteiger partial charge on any atom is 0.270 e. The Morgan fingerprint density at radius 2 is 2.20 bits per heavy atom. The third-order valence-electron chi connectivity index (χ3n) is 3.82. The second kappa shape index (κ2) is 6.00. The molecule has 1 unspecified atom stereocenters. The summed E-state index contributed by atoms with van der Waals surface area (Å²) < 4.78 is 0. The second-order valence-electron chi connectivity index (χ2n) is 5.32. The lowest BCUT2D eigenvalue weighted by Crippen LogP contribution is -2.45. The molecule has 0 aliphatic carbocycles. The molecule has 0 spiro atoms. The minimum absolute atomic E-state index is 0.0444. The number of carbonyl (C=O) groups is 1. The van der Waals surface area contributed by atoms with Gasteiger partial charge in [0, 0.05) is 42.5 Å². The summed E-state index contributed by atoms with van der Waals surface area (Å²) in [6.45, 7) is 1.72. The minimum Gasteiger partial charge on any atom is -0.369 e. The van der Waals surface area contributed by atoms with Gasteiger partial charge < -0.3 is 9.80 Å². The van der Waals surface area contributed by atoms with Gasteiger partial charge in [-0.25, -0.2) is 0 Å². The highest BCUT2D eigenvalue weighted by Gasteiger charge is 2.23. The Morgan fingerprint density at radius 3 is 2.80 bits per heavy atom. The van der Waals surface area contributed by atoms with Crippen molar-refractivity contribution in [3.63, 3.8) is 0 Å². The number of carbonyl (C=O) groups excluding carboxylic acids is 1. The molecule has 0 aromatic heterocycles. The number of anilines is 1. The van der Waals surface area contributed by atoms with Gasteiger partial charge in [-0.2, -0.15) is 0 Å². The molecule has 1 fully saturated rings. The van der Waals surface area contributed by atoms with Crippen LogP contribution in [0.5, 0.6) is 0 Å². The highest BCUT2D eigenvalue weighted by Crippen LogP contribution is 2.27. The molecule has 6 heteroatoms. The van der Waals surface area contributed by atoms with Crippen LogP contribution < -0.4 is 4.90 Å². The number of likely N-dealkylation sites (N-methyl/N-ethyl adjacent to an activating group) is 1. The summed E-state index contributed by atoms with van der Waals surface area (Å²) in [6.07, 6.45) is 2.88. The quantitative estimate of drug-likeness (QED) is 0.478. The molecule has 0 radical (unpaired) electrons. The van der Waals surface area contributed by atoms with E-state index in [0.717, 1.165) is 31.6 Å². The minimum atomic E-state index is -0.477. The van der Waals surface area contributed by atoms with Gasteiger partial charge in [0.25, 0.3) is 5.69 Å². The molecule has 0 saturated carbocycles. The molecule has 0 amide bonds. The standard InChI is InChI=1S/C14H19N3O3/c1-15(2)13-4-3-7-16(9-13)14-6-5-12(17(19)20)8-11(14)10-18/h5-6,8,10,13H,3-4,7,9H2,1-2H3. The molecule has 0 N–H and O–H groups in total. The van der Waals surface area contributed by atoms with E-state index in [4.69, 9.17) is 0 Å². The van der Waals surface area contributed by atoms with E-state index in [1.807, 2.05) is 14.1 Å². The molecule has 1 aliphatic rings. The van der Waals surface area contributed by atoms with Crippen molar-refractivity contribution >= 4 is 17.7 Å². The molecular weight excluding hydrogens is 258 g/mol. The topological polar surface area (TPSA) is 66.7 Å². The number of non-ortho nitro benzene ring substituents is 1. The average molecular weight is 277 g/mol. The fraction of sp³-hybridized carbons (Fsp3) is 0.500. The normalized spacial score (nSPS) is 19.1. The Labute approximate surface area is 118 Å². The van der Waals surface area contributed by atoms with E-state index in [0.29, 0.717) is 17.9 Å². The van der Waals surface area contributed by atoms with E-state index in [9.17, 15) is 14.9 Å². The van der Waals surface area contributed by atoms with E-state index in [2.05, 4.69) is 9.80 Å². The molecule has 2 rings (SSSR count). The predicted molar refractivity (Wildman–Crippen MR) is 77.4 cm³/mol. The van der Waals surface area contributed by atoms with Crippen LogP contribution in [0, 0.1) is 10.1 Å². The van der Waals surface area contributed by atoms with E-state index < -0.39 is 4.92 Å². The molecule has 1 aliphatic heterocycles. The summed E-state index contributed by atoms with van der Waals surface area (Å²) in [6, 6.07) is 4.93. The van der Waals surface area contributed by atoms with Crippen LogP contribution in [0.15, 0.2) is 18.2 Å². The molecule has 1 aromatic rings. The third kappa shape index (κ3) is 2.96. The monoisotopic (exact) mass is 277 g/mol. The molecule has 1 aromatic carbocycles. The lowest BCUT2D eigenvalue weighted by Gasteiger charge is -2.37. The van der Waals surface area contributed by atoms with Gasteiger partial charge in [0.1, 0.15) is 0 Å². The first kappa shape index (κ1) is 14.5. The first-order valence-electron chi connectivity index (χ1n) is 6.68. The highest BCUT2D eigenvalue weighted by molar-refractivity contribution is 5.86. The fourth-order valence-corrected chi connectivity index (χ4v) is 2.63. The van der Waals surface area contributed by atoms with Crippen LogP contribution >= 0.6 is 0 Å². The summed E-state index contributed by atoms with van der Waals surface area (Å²) in [5, 5.41) is 10.8. The van der Waals surface area contributed by atoms with Gasteiger partial charge in [-0.15, -0.1) is 0 Å². The number of nitro groups is 1. The van der Waals surface area contributed by atoms with Crippen molar-refractivity contribution in [1.82, 2.24) is 4.90 Å². The first-order chi connectivity index (χ1) is 9.52. The summed E-state index contributed by atoms with van der Waals surface area (Å²) in [5.74, 6) is 0. The zero-order valence-electron chi connectivity index (χ0n) is 11.8. The van der Waals surface area contributed by atoms with Gasteiger partial charge >= 0.3 is 0 Å². The van der Waals surface area contributed by atoms with Crippen molar-refractivity contribution < 1.29 is 9.72 Å². The number of piperidine rings is 1. The Bertz CT molecular complexity index is 516. The van der Waals surface area contributed by atoms with E-state index in [-0.39, 0.29) is 5.69 Å². The molecule has 1 atom stereocenters. The third-order valence-corrected chi connectivity index (χ3v) is 3.82. The van der Waals surface area contributed by atoms with Gasteiger partial charge in [-0.3, -0.25) is 14.9 Å². The van der Waals surface area contributed by atoms with Gasteiger partial charge in [0.2, 0.25) is 0 Å². The van der Waals surface area contributed by atoms with Crippen LogP contribution in [0.25, 0.3) is 0 Å². The van der Waals surface area contributed by atoms with Gasteiger partial charge in [0.15, 0.2) is 6.29 Å².